The number of aryl methyl sites for hydroxylation is 1. The van der Waals surface area contributed by atoms with E-state index in [0.29, 0.717) is 6.42 Å². The average molecular weight is 254 g/mol. The summed E-state index contributed by atoms with van der Waals surface area (Å²) in [6.45, 7) is 2.09. The van der Waals surface area contributed by atoms with Crippen LogP contribution >= 0.6 is 0 Å². The highest BCUT2D eigenvalue weighted by Crippen LogP contribution is 2.23. The van der Waals surface area contributed by atoms with Crippen molar-refractivity contribution >= 4 is 5.91 Å². The van der Waals surface area contributed by atoms with Gasteiger partial charge in [0.1, 0.15) is 0 Å². The van der Waals surface area contributed by atoms with Crippen molar-refractivity contribution in [1.82, 2.24) is 0 Å². The molecular weight excluding hydrogens is 236 g/mol. The molecule has 4 N–H and O–H groups in total. The molecule has 2 aromatic carbocycles. The van der Waals surface area contributed by atoms with Gasteiger partial charge in [-0.25, -0.2) is 0 Å². The van der Waals surface area contributed by atoms with E-state index in [9.17, 15) is 4.79 Å². The van der Waals surface area contributed by atoms with Crippen LogP contribution in [0.4, 0.5) is 0 Å². The Bertz CT molecular complexity index is 576. The zero-order valence-corrected chi connectivity index (χ0v) is 11.0. The smallest absolute Gasteiger partial charge is 0.234 e. The second-order valence-electron chi connectivity index (χ2n) is 4.72. The van der Waals surface area contributed by atoms with Crippen LogP contribution in [0.5, 0.6) is 0 Å². The second kappa shape index (κ2) is 5.67. The fraction of sp³-hybridized carbons (Fsp3) is 0.188. The van der Waals surface area contributed by atoms with Crippen LogP contribution in [0.3, 0.4) is 0 Å². The van der Waals surface area contributed by atoms with E-state index in [1.165, 1.54) is 11.1 Å². The van der Waals surface area contributed by atoms with E-state index in [2.05, 4.69) is 19.1 Å². The molecule has 3 nitrogen and oxygen atoms in total. The Kier molecular flexibility index (Phi) is 3.97. The minimum Gasteiger partial charge on any atom is -0.368 e. The van der Waals surface area contributed by atoms with Gasteiger partial charge >= 0.3 is 0 Å². The van der Waals surface area contributed by atoms with Crippen molar-refractivity contribution in [1.29, 1.82) is 0 Å². The van der Waals surface area contributed by atoms with Crippen LogP contribution in [-0.2, 0) is 11.2 Å². The third kappa shape index (κ3) is 3.20. The molecule has 0 aromatic heterocycles. The molecule has 0 unspecified atom stereocenters. The van der Waals surface area contributed by atoms with Crippen molar-refractivity contribution < 1.29 is 4.79 Å². The topological polar surface area (TPSA) is 69.1 Å². The Balaban J connectivity index is 2.19. The van der Waals surface area contributed by atoms with Gasteiger partial charge in [-0.15, -0.1) is 0 Å². The minimum absolute atomic E-state index is 0.469. The van der Waals surface area contributed by atoms with Gasteiger partial charge in [-0.05, 0) is 35.6 Å². The van der Waals surface area contributed by atoms with Crippen LogP contribution in [0, 0.1) is 6.92 Å². The minimum atomic E-state index is -0.621. The molecule has 2 aromatic rings. The zero-order chi connectivity index (χ0) is 13.8. The summed E-state index contributed by atoms with van der Waals surface area (Å²) in [6.07, 6.45) is 0.476. The SMILES string of the molecule is Cc1ccccc1-c1ccc(C[C@H](N)C(N)=O)cc1. The van der Waals surface area contributed by atoms with Gasteiger partial charge in [0.25, 0.3) is 0 Å². The van der Waals surface area contributed by atoms with E-state index < -0.39 is 11.9 Å². The van der Waals surface area contributed by atoms with Gasteiger partial charge in [0.05, 0.1) is 6.04 Å². The molecule has 0 heterocycles. The van der Waals surface area contributed by atoms with Gasteiger partial charge < -0.3 is 11.5 Å². The quantitative estimate of drug-likeness (QED) is 0.876. The number of carbonyl (C=O) groups excluding carboxylic acids is 1. The molecule has 1 atom stereocenters. The Hall–Kier alpha value is -2.13. The lowest BCUT2D eigenvalue weighted by molar-refractivity contribution is -0.119. The number of benzene rings is 2. The van der Waals surface area contributed by atoms with Gasteiger partial charge in [0.2, 0.25) is 5.91 Å². The summed E-state index contributed by atoms with van der Waals surface area (Å²) in [5.74, 6) is -0.469. The zero-order valence-electron chi connectivity index (χ0n) is 11.0. The van der Waals surface area contributed by atoms with Crippen LogP contribution in [0.1, 0.15) is 11.1 Å². The van der Waals surface area contributed by atoms with E-state index >= 15 is 0 Å². The lowest BCUT2D eigenvalue weighted by Gasteiger charge is -2.09. The predicted molar refractivity (Wildman–Crippen MR) is 77.5 cm³/mol. The van der Waals surface area contributed by atoms with Crippen LogP contribution in [0.25, 0.3) is 11.1 Å². The lowest BCUT2D eigenvalue weighted by Crippen LogP contribution is -2.38. The van der Waals surface area contributed by atoms with Crippen LogP contribution < -0.4 is 11.5 Å². The Morgan fingerprint density at radius 1 is 1.11 bits per heavy atom. The first-order valence-corrected chi connectivity index (χ1v) is 6.28. The molecule has 0 aliphatic heterocycles. The molecule has 0 radical (unpaired) electrons. The van der Waals surface area contributed by atoms with Gasteiger partial charge in [-0.1, -0.05) is 48.5 Å². The molecule has 0 bridgehead atoms. The maximum absolute atomic E-state index is 10.9. The largest absolute Gasteiger partial charge is 0.368 e. The molecule has 0 saturated heterocycles. The van der Waals surface area contributed by atoms with E-state index in [0.717, 1.165) is 11.1 Å². The highest BCUT2D eigenvalue weighted by Gasteiger charge is 2.10. The molecule has 98 valence electrons. The van der Waals surface area contributed by atoms with Gasteiger partial charge in [0, 0.05) is 0 Å². The summed E-state index contributed by atoms with van der Waals surface area (Å²) >= 11 is 0. The molecule has 0 saturated carbocycles. The normalized spacial score (nSPS) is 12.1. The van der Waals surface area contributed by atoms with Gasteiger partial charge in [-0.2, -0.15) is 0 Å². The fourth-order valence-electron chi connectivity index (χ4n) is 2.07. The number of nitrogens with two attached hydrogens (primary N) is 2. The molecule has 0 aliphatic rings. The summed E-state index contributed by atoms with van der Waals surface area (Å²) in [7, 11) is 0. The first kappa shape index (κ1) is 13.3. The molecule has 3 heteroatoms. The summed E-state index contributed by atoms with van der Waals surface area (Å²) in [5, 5.41) is 0. The number of hydrogen-bond acceptors (Lipinski definition) is 2. The van der Waals surface area contributed by atoms with Crippen molar-refractivity contribution in [3.8, 4) is 11.1 Å². The van der Waals surface area contributed by atoms with Crippen LogP contribution in [0.2, 0.25) is 0 Å². The summed E-state index contributed by atoms with van der Waals surface area (Å²) < 4.78 is 0. The Morgan fingerprint density at radius 2 is 1.74 bits per heavy atom. The first-order chi connectivity index (χ1) is 9.08. The van der Waals surface area contributed by atoms with E-state index in [1.54, 1.807) is 0 Å². The summed E-state index contributed by atoms with van der Waals surface area (Å²) in [5.41, 5.74) is 15.4. The Labute approximate surface area is 113 Å². The molecule has 0 spiro atoms. The van der Waals surface area contributed by atoms with E-state index in [4.69, 9.17) is 11.5 Å². The number of rotatable bonds is 4. The van der Waals surface area contributed by atoms with Crippen molar-refractivity contribution in [2.45, 2.75) is 19.4 Å². The first-order valence-electron chi connectivity index (χ1n) is 6.28. The molecule has 0 fully saturated rings. The number of carbonyl (C=O) groups is 1. The molecule has 1 amide bonds. The van der Waals surface area contributed by atoms with Crippen LogP contribution in [-0.4, -0.2) is 11.9 Å². The highest BCUT2D eigenvalue weighted by atomic mass is 16.1. The third-order valence-electron chi connectivity index (χ3n) is 3.23. The summed E-state index contributed by atoms with van der Waals surface area (Å²) in [6, 6.07) is 15.7. The number of amides is 1. The molecular formula is C16H18N2O. The molecule has 19 heavy (non-hydrogen) atoms. The highest BCUT2D eigenvalue weighted by molar-refractivity contribution is 5.80. The number of hydrogen-bond donors (Lipinski definition) is 2. The third-order valence-corrected chi connectivity index (χ3v) is 3.23. The van der Waals surface area contributed by atoms with Crippen LogP contribution in [0.15, 0.2) is 48.5 Å². The maximum atomic E-state index is 10.9. The standard InChI is InChI=1S/C16H18N2O/c1-11-4-2-3-5-14(11)13-8-6-12(7-9-13)10-15(17)16(18)19/h2-9,15H,10,17H2,1H3,(H2,18,19)/t15-/m0/s1. The van der Waals surface area contributed by atoms with Gasteiger partial charge in [-0.3, -0.25) is 4.79 Å². The number of primary amides is 1. The second-order valence-corrected chi connectivity index (χ2v) is 4.72. The average Bonchev–Trinajstić information content (AvgIpc) is 2.40. The predicted octanol–water partition coefficient (Wildman–Crippen LogP) is 2.02. The van der Waals surface area contributed by atoms with Crippen molar-refractivity contribution in [3.63, 3.8) is 0 Å². The molecule has 2 rings (SSSR count). The van der Waals surface area contributed by atoms with Crippen molar-refractivity contribution in [2.24, 2.45) is 11.5 Å². The van der Waals surface area contributed by atoms with E-state index in [-0.39, 0.29) is 0 Å². The molecule has 0 aliphatic carbocycles. The van der Waals surface area contributed by atoms with E-state index in [1.807, 2.05) is 36.4 Å². The lowest BCUT2D eigenvalue weighted by atomic mass is 9.98. The van der Waals surface area contributed by atoms with Crippen molar-refractivity contribution in [2.75, 3.05) is 0 Å². The van der Waals surface area contributed by atoms with Gasteiger partial charge in [0.15, 0.2) is 0 Å². The van der Waals surface area contributed by atoms with Crippen molar-refractivity contribution in [3.05, 3.63) is 59.7 Å². The maximum Gasteiger partial charge on any atom is 0.234 e. The monoisotopic (exact) mass is 254 g/mol. The Morgan fingerprint density at radius 3 is 2.32 bits per heavy atom. The summed E-state index contributed by atoms with van der Waals surface area (Å²) in [4.78, 5) is 10.9. The fourth-order valence-corrected chi connectivity index (χ4v) is 2.07.